The van der Waals surface area contributed by atoms with Gasteiger partial charge in [-0.05, 0) is 49.9 Å². The lowest BCUT2D eigenvalue weighted by molar-refractivity contribution is -0.113. The fourth-order valence-electron chi connectivity index (χ4n) is 5.20. The summed E-state index contributed by atoms with van der Waals surface area (Å²) in [5.41, 5.74) is 2.12. The van der Waals surface area contributed by atoms with Crippen molar-refractivity contribution in [2.75, 3.05) is 50.6 Å². The SMILES string of the molecule is COc1cccc(C2C(C(=O)Nc3ccccc3)=C(C)N=c3s/c(=C/c4ccc(N5CCN(C)CC5)o4)c(=O)n32)c1. The second-order valence-corrected chi connectivity index (χ2v) is 11.2. The summed E-state index contributed by atoms with van der Waals surface area (Å²) in [6, 6.07) is 19.8. The highest BCUT2D eigenvalue weighted by atomic mass is 32.1. The van der Waals surface area contributed by atoms with Crippen LogP contribution in [-0.2, 0) is 4.79 Å². The van der Waals surface area contributed by atoms with E-state index in [1.54, 1.807) is 24.7 Å². The molecule has 41 heavy (non-hydrogen) atoms. The number of thiazole rings is 1. The van der Waals surface area contributed by atoms with Crippen molar-refractivity contribution in [3.63, 3.8) is 0 Å². The van der Waals surface area contributed by atoms with Crippen LogP contribution in [0.25, 0.3) is 6.08 Å². The summed E-state index contributed by atoms with van der Waals surface area (Å²) in [5.74, 6) is 1.71. The van der Waals surface area contributed by atoms with E-state index in [1.807, 2.05) is 66.7 Å². The van der Waals surface area contributed by atoms with Crippen molar-refractivity contribution < 1.29 is 13.9 Å². The molecule has 1 atom stereocenters. The fourth-order valence-corrected chi connectivity index (χ4v) is 6.23. The van der Waals surface area contributed by atoms with Crippen LogP contribution in [0.3, 0.4) is 0 Å². The van der Waals surface area contributed by atoms with E-state index in [-0.39, 0.29) is 11.5 Å². The van der Waals surface area contributed by atoms with Gasteiger partial charge in [-0.3, -0.25) is 14.2 Å². The number of hydrogen-bond acceptors (Lipinski definition) is 8. The number of carbonyl (C=O) groups is 1. The Kier molecular flexibility index (Phi) is 7.34. The van der Waals surface area contributed by atoms with Crippen molar-refractivity contribution in [3.8, 4) is 5.75 Å². The molecule has 0 spiro atoms. The van der Waals surface area contributed by atoms with Crippen molar-refractivity contribution in [3.05, 3.63) is 109 Å². The number of piperazine rings is 1. The number of allylic oxidation sites excluding steroid dienone is 1. The molecule has 0 radical (unpaired) electrons. The van der Waals surface area contributed by atoms with Gasteiger partial charge in [-0.25, -0.2) is 4.99 Å². The molecule has 2 aromatic carbocycles. The zero-order chi connectivity index (χ0) is 28.5. The summed E-state index contributed by atoms with van der Waals surface area (Å²) in [5, 5.41) is 2.97. The van der Waals surface area contributed by atoms with Gasteiger partial charge in [0.15, 0.2) is 10.7 Å². The molecule has 1 saturated heterocycles. The number of aromatic nitrogens is 1. The van der Waals surface area contributed by atoms with Gasteiger partial charge in [0.25, 0.3) is 11.5 Å². The molecular weight excluding hydrogens is 538 g/mol. The number of benzene rings is 2. The highest BCUT2D eigenvalue weighted by Crippen LogP contribution is 2.32. The van der Waals surface area contributed by atoms with Crippen LogP contribution in [-0.4, -0.2) is 55.7 Å². The maximum absolute atomic E-state index is 14.0. The number of nitrogens with zero attached hydrogens (tertiary/aromatic N) is 4. The minimum absolute atomic E-state index is 0.239. The first-order chi connectivity index (χ1) is 19.9. The molecule has 4 aromatic rings. The number of methoxy groups -OCH3 is 1. The molecule has 1 unspecified atom stereocenters. The van der Waals surface area contributed by atoms with Crippen LogP contribution in [0.1, 0.15) is 24.3 Å². The highest BCUT2D eigenvalue weighted by molar-refractivity contribution is 7.07. The first-order valence-corrected chi connectivity index (χ1v) is 14.3. The van der Waals surface area contributed by atoms with E-state index in [0.717, 1.165) is 37.6 Å². The van der Waals surface area contributed by atoms with E-state index in [1.165, 1.54) is 11.3 Å². The number of hydrogen-bond donors (Lipinski definition) is 1. The number of anilines is 2. The lowest BCUT2D eigenvalue weighted by Crippen LogP contribution is -2.44. The molecule has 0 bridgehead atoms. The molecule has 9 nitrogen and oxygen atoms in total. The van der Waals surface area contributed by atoms with Crippen LogP contribution in [0.2, 0.25) is 0 Å². The Bertz CT molecular complexity index is 1800. The average Bonchev–Trinajstić information content (AvgIpc) is 3.57. The number of ether oxygens (including phenoxy) is 1. The Morgan fingerprint density at radius 1 is 1.07 bits per heavy atom. The minimum Gasteiger partial charge on any atom is -0.497 e. The Hall–Kier alpha value is -4.41. The van der Waals surface area contributed by atoms with Gasteiger partial charge < -0.3 is 24.3 Å². The predicted molar refractivity (Wildman–Crippen MR) is 160 cm³/mol. The van der Waals surface area contributed by atoms with E-state index in [2.05, 4.69) is 22.2 Å². The van der Waals surface area contributed by atoms with Gasteiger partial charge in [-0.2, -0.15) is 0 Å². The lowest BCUT2D eigenvalue weighted by atomic mass is 9.95. The van der Waals surface area contributed by atoms with Crippen molar-refractivity contribution in [1.29, 1.82) is 0 Å². The predicted octanol–water partition coefficient (Wildman–Crippen LogP) is 3.23. The smallest absolute Gasteiger partial charge is 0.271 e. The Morgan fingerprint density at radius 2 is 1.85 bits per heavy atom. The normalized spacial score (nSPS) is 17.8. The number of furan rings is 1. The van der Waals surface area contributed by atoms with Crippen molar-refractivity contribution in [2.24, 2.45) is 4.99 Å². The summed E-state index contributed by atoms with van der Waals surface area (Å²) in [6.45, 7) is 5.52. The van der Waals surface area contributed by atoms with Crippen molar-refractivity contribution >= 4 is 34.9 Å². The first kappa shape index (κ1) is 26.8. The summed E-state index contributed by atoms with van der Waals surface area (Å²) >= 11 is 1.28. The average molecular weight is 570 g/mol. The zero-order valence-corrected chi connectivity index (χ0v) is 24.0. The van der Waals surface area contributed by atoms with Crippen LogP contribution in [0.4, 0.5) is 11.6 Å². The van der Waals surface area contributed by atoms with Gasteiger partial charge in [0, 0.05) is 44.0 Å². The molecular formula is C31H31N5O4S. The number of rotatable bonds is 6. The number of nitrogens with one attached hydrogen (secondary N) is 1. The Balaban J connectivity index is 1.42. The molecule has 0 aliphatic carbocycles. The van der Waals surface area contributed by atoms with Crippen molar-refractivity contribution in [1.82, 2.24) is 9.47 Å². The Labute approximate surface area is 241 Å². The molecule has 4 heterocycles. The van der Waals surface area contributed by atoms with Gasteiger partial charge in [-0.1, -0.05) is 41.7 Å². The third kappa shape index (κ3) is 5.36. The molecule has 10 heteroatoms. The molecule has 210 valence electrons. The zero-order valence-electron chi connectivity index (χ0n) is 23.2. The molecule has 0 saturated carbocycles. The molecule has 1 amide bonds. The number of para-hydroxylation sites is 1. The third-order valence-electron chi connectivity index (χ3n) is 7.41. The monoisotopic (exact) mass is 569 g/mol. The molecule has 2 aliphatic rings. The number of fused-ring (bicyclic) bond motifs is 1. The van der Waals surface area contributed by atoms with Crippen LogP contribution in [0, 0.1) is 0 Å². The Morgan fingerprint density at radius 3 is 2.61 bits per heavy atom. The molecule has 2 aromatic heterocycles. The van der Waals surface area contributed by atoms with E-state index in [0.29, 0.717) is 37.8 Å². The fraction of sp³-hybridized carbons (Fsp3) is 0.258. The second kappa shape index (κ2) is 11.2. The van der Waals surface area contributed by atoms with Gasteiger partial charge in [-0.15, -0.1) is 0 Å². The van der Waals surface area contributed by atoms with E-state index in [4.69, 9.17) is 14.1 Å². The van der Waals surface area contributed by atoms with Gasteiger partial charge >= 0.3 is 0 Å². The summed E-state index contributed by atoms with van der Waals surface area (Å²) in [6.07, 6.45) is 1.76. The molecule has 6 rings (SSSR count). The maximum atomic E-state index is 14.0. The highest BCUT2D eigenvalue weighted by Gasteiger charge is 2.33. The van der Waals surface area contributed by atoms with E-state index in [9.17, 15) is 9.59 Å². The molecule has 1 fully saturated rings. The number of amides is 1. The van der Waals surface area contributed by atoms with E-state index >= 15 is 0 Å². The first-order valence-electron chi connectivity index (χ1n) is 13.5. The molecule has 2 aliphatic heterocycles. The summed E-state index contributed by atoms with van der Waals surface area (Å²) < 4.78 is 13.7. The number of likely N-dealkylation sites (N-methyl/N-ethyl adjacent to an activating group) is 1. The van der Waals surface area contributed by atoms with Gasteiger partial charge in [0.05, 0.1) is 29.0 Å². The van der Waals surface area contributed by atoms with Crippen molar-refractivity contribution in [2.45, 2.75) is 13.0 Å². The lowest BCUT2D eigenvalue weighted by Gasteiger charge is -2.32. The maximum Gasteiger partial charge on any atom is 0.271 e. The van der Waals surface area contributed by atoms with Gasteiger partial charge in [0.2, 0.25) is 0 Å². The quantitative estimate of drug-likeness (QED) is 0.384. The second-order valence-electron chi connectivity index (χ2n) is 10.1. The summed E-state index contributed by atoms with van der Waals surface area (Å²) in [4.78, 5) is 37.4. The topological polar surface area (TPSA) is 92.3 Å². The van der Waals surface area contributed by atoms with Crippen LogP contribution >= 0.6 is 11.3 Å². The van der Waals surface area contributed by atoms with Crippen LogP contribution < -0.4 is 29.8 Å². The molecule has 1 N–H and O–H groups in total. The van der Waals surface area contributed by atoms with E-state index < -0.39 is 6.04 Å². The largest absolute Gasteiger partial charge is 0.497 e. The van der Waals surface area contributed by atoms with Gasteiger partial charge in [0.1, 0.15) is 11.5 Å². The number of carbonyl (C=O) groups excluding carboxylic acids is 1. The minimum atomic E-state index is -0.690. The summed E-state index contributed by atoms with van der Waals surface area (Å²) in [7, 11) is 3.70. The van der Waals surface area contributed by atoms with Crippen LogP contribution in [0.5, 0.6) is 5.75 Å². The third-order valence-corrected chi connectivity index (χ3v) is 8.39. The standard InChI is InChI=1S/C31H31N5O4S/c1-20-27(29(37)33-22-9-5-4-6-10-22)28(21-8-7-11-23(18-21)39-3)36-30(38)25(41-31(36)32-20)19-24-12-13-26(40-24)35-16-14-34(2)15-17-35/h4-13,18-19,28H,14-17H2,1-3H3,(H,33,37)/b25-19+. The van der Waals surface area contributed by atoms with Crippen LogP contribution in [0.15, 0.2) is 92.2 Å².